The SMILES string of the molecule is COCC(=O)O[C@@H](C)C(=O)Nc1ccc(F)cc1. The topological polar surface area (TPSA) is 64.6 Å². The molecule has 0 aromatic heterocycles. The molecule has 1 rings (SSSR count). The molecule has 1 amide bonds. The number of ether oxygens (including phenoxy) is 2. The van der Waals surface area contributed by atoms with Crippen molar-refractivity contribution in [3.63, 3.8) is 0 Å². The summed E-state index contributed by atoms with van der Waals surface area (Å²) >= 11 is 0. The molecule has 1 atom stereocenters. The summed E-state index contributed by atoms with van der Waals surface area (Å²) in [6.07, 6.45) is -0.947. The first-order valence-electron chi connectivity index (χ1n) is 5.27. The third-order valence-electron chi connectivity index (χ3n) is 2.05. The Morgan fingerprint density at radius 1 is 1.33 bits per heavy atom. The Labute approximate surface area is 104 Å². The fourth-order valence-electron chi connectivity index (χ4n) is 1.18. The standard InChI is InChI=1S/C12H14FNO4/c1-8(18-11(15)7-17-2)12(16)14-10-5-3-9(13)4-6-10/h3-6,8H,7H2,1-2H3,(H,14,16)/t8-/m0/s1. The fourth-order valence-corrected chi connectivity index (χ4v) is 1.18. The molecule has 98 valence electrons. The van der Waals surface area contributed by atoms with Crippen LogP contribution in [0.3, 0.4) is 0 Å². The molecular formula is C12H14FNO4. The second-order valence-electron chi connectivity index (χ2n) is 3.56. The van der Waals surface area contributed by atoms with Gasteiger partial charge in [-0.1, -0.05) is 0 Å². The number of carbonyl (C=O) groups is 2. The van der Waals surface area contributed by atoms with Crippen LogP contribution in [-0.2, 0) is 19.1 Å². The average Bonchev–Trinajstić information content (AvgIpc) is 2.32. The van der Waals surface area contributed by atoms with Crippen molar-refractivity contribution in [3.05, 3.63) is 30.1 Å². The van der Waals surface area contributed by atoms with E-state index in [2.05, 4.69) is 10.1 Å². The van der Waals surface area contributed by atoms with Gasteiger partial charge in [-0.15, -0.1) is 0 Å². The van der Waals surface area contributed by atoms with Crippen molar-refractivity contribution in [3.8, 4) is 0 Å². The molecule has 0 spiro atoms. The molecule has 1 aromatic rings. The maximum absolute atomic E-state index is 12.6. The van der Waals surface area contributed by atoms with Crippen LogP contribution in [0.25, 0.3) is 0 Å². The molecule has 0 bridgehead atoms. The summed E-state index contributed by atoms with van der Waals surface area (Å²) in [5.74, 6) is -1.52. The molecule has 1 aromatic carbocycles. The van der Waals surface area contributed by atoms with Crippen molar-refractivity contribution in [2.45, 2.75) is 13.0 Å². The van der Waals surface area contributed by atoms with E-state index < -0.39 is 23.8 Å². The number of anilines is 1. The van der Waals surface area contributed by atoms with Crippen LogP contribution < -0.4 is 5.32 Å². The van der Waals surface area contributed by atoms with E-state index in [1.54, 1.807) is 0 Å². The zero-order chi connectivity index (χ0) is 13.5. The van der Waals surface area contributed by atoms with Crippen LogP contribution in [0.15, 0.2) is 24.3 Å². The lowest BCUT2D eigenvalue weighted by Crippen LogP contribution is -2.31. The van der Waals surface area contributed by atoms with Gasteiger partial charge in [0.25, 0.3) is 5.91 Å². The van der Waals surface area contributed by atoms with E-state index in [1.807, 2.05) is 0 Å². The number of halogens is 1. The molecule has 0 aliphatic heterocycles. The van der Waals surface area contributed by atoms with E-state index in [1.165, 1.54) is 38.3 Å². The summed E-state index contributed by atoms with van der Waals surface area (Å²) < 4.78 is 22.0. The number of esters is 1. The second-order valence-corrected chi connectivity index (χ2v) is 3.56. The van der Waals surface area contributed by atoms with Crippen LogP contribution in [0, 0.1) is 5.82 Å². The van der Waals surface area contributed by atoms with E-state index in [0.717, 1.165) is 0 Å². The maximum Gasteiger partial charge on any atom is 0.332 e. The van der Waals surface area contributed by atoms with Crippen molar-refractivity contribution < 1.29 is 23.5 Å². The van der Waals surface area contributed by atoms with Crippen LogP contribution in [0.4, 0.5) is 10.1 Å². The quantitative estimate of drug-likeness (QED) is 0.806. The van der Waals surface area contributed by atoms with Gasteiger partial charge in [0, 0.05) is 12.8 Å². The predicted octanol–water partition coefficient (Wildman–Crippen LogP) is 1.34. The highest BCUT2D eigenvalue weighted by atomic mass is 19.1. The molecule has 0 fully saturated rings. The minimum atomic E-state index is -0.947. The Bertz CT molecular complexity index is 419. The molecule has 0 heterocycles. The van der Waals surface area contributed by atoms with Gasteiger partial charge in [0.15, 0.2) is 6.10 Å². The molecule has 0 unspecified atom stereocenters. The van der Waals surface area contributed by atoms with E-state index >= 15 is 0 Å². The van der Waals surface area contributed by atoms with Crippen LogP contribution in [0.2, 0.25) is 0 Å². The van der Waals surface area contributed by atoms with E-state index in [9.17, 15) is 14.0 Å². The van der Waals surface area contributed by atoms with Crippen molar-refractivity contribution in [2.75, 3.05) is 19.0 Å². The van der Waals surface area contributed by atoms with Crippen molar-refractivity contribution in [1.29, 1.82) is 0 Å². The molecule has 18 heavy (non-hydrogen) atoms. The highest BCUT2D eigenvalue weighted by Crippen LogP contribution is 2.09. The molecule has 1 N–H and O–H groups in total. The first-order valence-corrected chi connectivity index (χ1v) is 5.27. The normalized spacial score (nSPS) is 11.7. The lowest BCUT2D eigenvalue weighted by Gasteiger charge is -2.13. The van der Waals surface area contributed by atoms with Crippen LogP contribution in [0.1, 0.15) is 6.92 Å². The second kappa shape index (κ2) is 6.70. The van der Waals surface area contributed by atoms with Gasteiger partial charge in [-0.05, 0) is 31.2 Å². The van der Waals surface area contributed by atoms with Crippen molar-refractivity contribution in [1.82, 2.24) is 0 Å². The zero-order valence-electron chi connectivity index (χ0n) is 10.1. The number of nitrogens with one attached hydrogen (secondary N) is 1. The molecule has 0 aliphatic rings. The molecule has 5 nitrogen and oxygen atoms in total. The van der Waals surface area contributed by atoms with Gasteiger partial charge < -0.3 is 14.8 Å². The van der Waals surface area contributed by atoms with Crippen LogP contribution in [-0.4, -0.2) is 31.7 Å². The first kappa shape index (κ1) is 14.1. The Morgan fingerprint density at radius 3 is 2.50 bits per heavy atom. The summed E-state index contributed by atoms with van der Waals surface area (Å²) in [5.41, 5.74) is 0.427. The Morgan fingerprint density at radius 2 is 1.94 bits per heavy atom. The van der Waals surface area contributed by atoms with E-state index in [0.29, 0.717) is 5.69 Å². The van der Waals surface area contributed by atoms with E-state index in [-0.39, 0.29) is 6.61 Å². The summed E-state index contributed by atoms with van der Waals surface area (Å²) in [7, 11) is 1.35. The van der Waals surface area contributed by atoms with Gasteiger partial charge in [-0.3, -0.25) is 4.79 Å². The Balaban J connectivity index is 2.49. The van der Waals surface area contributed by atoms with Crippen molar-refractivity contribution >= 4 is 17.6 Å². The maximum atomic E-state index is 12.6. The van der Waals surface area contributed by atoms with Gasteiger partial charge >= 0.3 is 5.97 Å². The largest absolute Gasteiger partial charge is 0.451 e. The Hall–Kier alpha value is -1.95. The predicted molar refractivity (Wildman–Crippen MR) is 62.5 cm³/mol. The summed E-state index contributed by atoms with van der Waals surface area (Å²) in [4.78, 5) is 22.7. The van der Waals surface area contributed by atoms with Gasteiger partial charge in [-0.25, -0.2) is 9.18 Å². The van der Waals surface area contributed by atoms with Crippen molar-refractivity contribution in [2.24, 2.45) is 0 Å². The minimum absolute atomic E-state index is 0.214. The van der Waals surface area contributed by atoms with E-state index in [4.69, 9.17) is 4.74 Å². The van der Waals surface area contributed by atoms with Crippen LogP contribution >= 0.6 is 0 Å². The molecule has 0 aliphatic carbocycles. The minimum Gasteiger partial charge on any atom is -0.451 e. The number of hydrogen-bond acceptors (Lipinski definition) is 4. The first-order chi connectivity index (χ1) is 8.52. The number of carbonyl (C=O) groups excluding carboxylic acids is 2. The monoisotopic (exact) mass is 255 g/mol. The molecule has 0 saturated heterocycles. The number of amides is 1. The van der Waals surface area contributed by atoms with Crippen LogP contribution in [0.5, 0.6) is 0 Å². The van der Waals surface area contributed by atoms with Gasteiger partial charge in [0.05, 0.1) is 0 Å². The highest BCUT2D eigenvalue weighted by molar-refractivity contribution is 5.95. The lowest BCUT2D eigenvalue weighted by atomic mass is 10.3. The van der Waals surface area contributed by atoms with Gasteiger partial charge in [0.1, 0.15) is 12.4 Å². The number of methoxy groups -OCH3 is 1. The molecule has 0 radical (unpaired) electrons. The molecule has 0 saturated carbocycles. The smallest absolute Gasteiger partial charge is 0.332 e. The third-order valence-corrected chi connectivity index (χ3v) is 2.05. The summed E-state index contributed by atoms with van der Waals surface area (Å²) in [6.45, 7) is 1.22. The summed E-state index contributed by atoms with van der Waals surface area (Å²) in [6, 6.07) is 5.27. The third kappa shape index (κ3) is 4.50. The number of benzene rings is 1. The summed E-state index contributed by atoms with van der Waals surface area (Å²) in [5, 5.41) is 2.49. The number of hydrogen-bond donors (Lipinski definition) is 1. The Kier molecular flexibility index (Phi) is 5.26. The fraction of sp³-hybridized carbons (Fsp3) is 0.333. The van der Waals surface area contributed by atoms with Gasteiger partial charge in [0.2, 0.25) is 0 Å². The lowest BCUT2D eigenvalue weighted by molar-refractivity contribution is -0.156. The highest BCUT2D eigenvalue weighted by Gasteiger charge is 2.17. The van der Waals surface area contributed by atoms with Gasteiger partial charge in [-0.2, -0.15) is 0 Å². The zero-order valence-corrected chi connectivity index (χ0v) is 10.1. The number of rotatable bonds is 5. The molecule has 6 heteroatoms. The average molecular weight is 255 g/mol. The molecular weight excluding hydrogens is 241 g/mol.